The van der Waals surface area contributed by atoms with Gasteiger partial charge in [-0.3, -0.25) is 0 Å². The van der Waals surface area contributed by atoms with E-state index >= 15 is 0 Å². The summed E-state index contributed by atoms with van der Waals surface area (Å²) in [5, 5.41) is 15.7. The summed E-state index contributed by atoms with van der Waals surface area (Å²) in [6.07, 6.45) is 0.940. The van der Waals surface area contributed by atoms with Crippen molar-refractivity contribution in [3.05, 3.63) is 101 Å². The average Bonchev–Trinajstić information content (AvgIpc) is 2.74. The van der Waals surface area contributed by atoms with E-state index < -0.39 is 0 Å². The SMILES string of the molecule is CCc1ccccc1NC(c1ccccc1)c1ccc2ccc(C)nc2c1O. The maximum absolute atomic E-state index is 11.1. The Morgan fingerprint density at radius 2 is 1.61 bits per heavy atom. The van der Waals surface area contributed by atoms with Crippen LogP contribution in [-0.4, -0.2) is 10.1 Å². The van der Waals surface area contributed by atoms with Gasteiger partial charge >= 0.3 is 0 Å². The highest BCUT2D eigenvalue weighted by molar-refractivity contribution is 5.86. The molecular formula is C25H24N2O. The second-order valence-corrected chi connectivity index (χ2v) is 7.03. The van der Waals surface area contributed by atoms with Crippen molar-refractivity contribution in [3.8, 4) is 5.75 Å². The second-order valence-electron chi connectivity index (χ2n) is 7.03. The minimum atomic E-state index is -0.180. The van der Waals surface area contributed by atoms with E-state index in [1.54, 1.807) is 0 Å². The van der Waals surface area contributed by atoms with Crippen LogP contribution >= 0.6 is 0 Å². The summed E-state index contributed by atoms with van der Waals surface area (Å²) >= 11 is 0. The van der Waals surface area contributed by atoms with Crippen molar-refractivity contribution in [3.63, 3.8) is 0 Å². The standard InChI is InChI=1S/C25H24N2O/c1-3-18-9-7-8-12-22(18)27-23(19-10-5-4-6-11-19)21-16-15-20-14-13-17(2)26-24(20)25(21)28/h4-16,23,27-28H,3H2,1-2H3. The van der Waals surface area contributed by atoms with Crippen LogP contribution in [0.1, 0.15) is 35.3 Å². The zero-order chi connectivity index (χ0) is 19.5. The number of hydrogen-bond acceptors (Lipinski definition) is 3. The molecule has 1 heterocycles. The summed E-state index contributed by atoms with van der Waals surface area (Å²) in [5.41, 5.74) is 5.77. The van der Waals surface area contributed by atoms with Crippen molar-refractivity contribution in [1.82, 2.24) is 4.98 Å². The highest BCUT2D eigenvalue weighted by Crippen LogP contribution is 2.37. The van der Waals surface area contributed by atoms with E-state index in [2.05, 4.69) is 47.6 Å². The van der Waals surface area contributed by atoms with E-state index in [-0.39, 0.29) is 11.8 Å². The third kappa shape index (κ3) is 3.44. The molecule has 0 aliphatic heterocycles. The van der Waals surface area contributed by atoms with Gasteiger partial charge in [0.1, 0.15) is 11.3 Å². The molecule has 0 saturated heterocycles. The van der Waals surface area contributed by atoms with Gasteiger partial charge in [0.05, 0.1) is 6.04 Å². The number of aryl methyl sites for hydroxylation is 2. The molecule has 0 spiro atoms. The van der Waals surface area contributed by atoms with Crippen molar-refractivity contribution >= 4 is 16.6 Å². The molecule has 0 aliphatic carbocycles. The summed E-state index contributed by atoms with van der Waals surface area (Å²) in [5.74, 6) is 0.233. The number of aromatic nitrogens is 1. The van der Waals surface area contributed by atoms with Gasteiger partial charge in [-0.15, -0.1) is 0 Å². The van der Waals surface area contributed by atoms with Crippen molar-refractivity contribution < 1.29 is 5.11 Å². The largest absolute Gasteiger partial charge is 0.505 e. The Labute approximate surface area is 165 Å². The molecule has 1 unspecified atom stereocenters. The fraction of sp³-hybridized carbons (Fsp3) is 0.160. The zero-order valence-electron chi connectivity index (χ0n) is 16.2. The highest BCUT2D eigenvalue weighted by Gasteiger charge is 2.20. The number of phenols is 1. The van der Waals surface area contributed by atoms with E-state index in [9.17, 15) is 5.11 Å². The van der Waals surface area contributed by atoms with Crippen LogP contribution in [0.4, 0.5) is 5.69 Å². The Balaban J connectivity index is 1.87. The molecule has 2 N–H and O–H groups in total. The van der Waals surface area contributed by atoms with E-state index in [1.807, 2.05) is 55.5 Å². The number of nitrogens with zero attached hydrogens (tertiary/aromatic N) is 1. The smallest absolute Gasteiger partial charge is 0.147 e. The monoisotopic (exact) mass is 368 g/mol. The lowest BCUT2D eigenvalue weighted by atomic mass is 9.95. The highest BCUT2D eigenvalue weighted by atomic mass is 16.3. The number of anilines is 1. The number of rotatable bonds is 5. The van der Waals surface area contributed by atoms with Gasteiger partial charge in [-0.05, 0) is 36.6 Å². The van der Waals surface area contributed by atoms with Gasteiger partial charge in [0.2, 0.25) is 0 Å². The fourth-order valence-corrected chi connectivity index (χ4v) is 3.63. The van der Waals surface area contributed by atoms with E-state index in [1.165, 1.54) is 5.56 Å². The average molecular weight is 368 g/mol. The Kier molecular flexibility index (Phi) is 4.98. The number of para-hydroxylation sites is 1. The third-order valence-corrected chi connectivity index (χ3v) is 5.15. The van der Waals surface area contributed by atoms with Gasteiger partial charge < -0.3 is 10.4 Å². The molecule has 1 aromatic heterocycles. The first-order valence-electron chi connectivity index (χ1n) is 9.66. The maximum atomic E-state index is 11.1. The van der Waals surface area contributed by atoms with Gasteiger partial charge in [-0.25, -0.2) is 4.98 Å². The number of benzene rings is 3. The molecule has 3 aromatic carbocycles. The van der Waals surface area contributed by atoms with E-state index in [0.29, 0.717) is 5.52 Å². The molecule has 0 amide bonds. The Morgan fingerprint density at radius 3 is 2.39 bits per heavy atom. The summed E-state index contributed by atoms with van der Waals surface area (Å²) in [6, 6.07) is 26.3. The van der Waals surface area contributed by atoms with Crippen molar-refractivity contribution in [2.45, 2.75) is 26.3 Å². The van der Waals surface area contributed by atoms with Crippen LogP contribution in [0.25, 0.3) is 10.9 Å². The Bertz CT molecular complexity index is 1110. The van der Waals surface area contributed by atoms with Gasteiger partial charge in [0.15, 0.2) is 0 Å². The lowest BCUT2D eigenvalue weighted by Gasteiger charge is -2.24. The minimum Gasteiger partial charge on any atom is -0.505 e. The van der Waals surface area contributed by atoms with Crippen LogP contribution in [0.15, 0.2) is 78.9 Å². The fourth-order valence-electron chi connectivity index (χ4n) is 3.63. The first-order valence-corrected chi connectivity index (χ1v) is 9.66. The quantitative estimate of drug-likeness (QED) is 0.453. The van der Waals surface area contributed by atoms with Gasteiger partial charge in [-0.1, -0.05) is 73.7 Å². The zero-order valence-corrected chi connectivity index (χ0v) is 16.2. The number of aromatic hydroxyl groups is 1. The molecule has 1 atom stereocenters. The van der Waals surface area contributed by atoms with Gasteiger partial charge in [0, 0.05) is 22.3 Å². The number of pyridine rings is 1. The molecule has 0 radical (unpaired) electrons. The number of hydrogen-bond donors (Lipinski definition) is 2. The van der Waals surface area contributed by atoms with Crippen LogP contribution in [0.5, 0.6) is 5.75 Å². The number of fused-ring (bicyclic) bond motifs is 1. The van der Waals surface area contributed by atoms with Crippen LogP contribution < -0.4 is 5.32 Å². The topological polar surface area (TPSA) is 45.2 Å². The molecule has 3 heteroatoms. The molecule has 28 heavy (non-hydrogen) atoms. The van der Waals surface area contributed by atoms with E-state index in [4.69, 9.17) is 0 Å². The molecule has 4 aromatic rings. The number of phenolic OH excluding ortho intramolecular Hbond substituents is 1. The second kappa shape index (κ2) is 7.73. The first kappa shape index (κ1) is 18.1. The van der Waals surface area contributed by atoms with Crippen molar-refractivity contribution in [2.75, 3.05) is 5.32 Å². The minimum absolute atomic E-state index is 0.180. The first-order chi connectivity index (χ1) is 13.7. The van der Waals surface area contributed by atoms with Gasteiger partial charge in [-0.2, -0.15) is 0 Å². The Morgan fingerprint density at radius 1 is 0.893 bits per heavy atom. The van der Waals surface area contributed by atoms with Crippen molar-refractivity contribution in [2.24, 2.45) is 0 Å². The lowest BCUT2D eigenvalue weighted by Crippen LogP contribution is -2.14. The van der Waals surface area contributed by atoms with Crippen LogP contribution in [-0.2, 0) is 6.42 Å². The predicted octanol–water partition coefficient (Wildman–Crippen LogP) is 6.01. The molecule has 0 fully saturated rings. The van der Waals surface area contributed by atoms with Crippen LogP contribution in [0.2, 0.25) is 0 Å². The normalized spacial score (nSPS) is 12.1. The third-order valence-electron chi connectivity index (χ3n) is 5.15. The predicted molar refractivity (Wildman–Crippen MR) is 116 cm³/mol. The number of nitrogens with one attached hydrogen (secondary N) is 1. The molecule has 3 nitrogen and oxygen atoms in total. The molecule has 0 saturated carbocycles. The Hall–Kier alpha value is -3.33. The molecule has 140 valence electrons. The summed E-state index contributed by atoms with van der Waals surface area (Å²) in [7, 11) is 0. The molecule has 0 bridgehead atoms. The summed E-state index contributed by atoms with van der Waals surface area (Å²) < 4.78 is 0. The van der Waals surface area contributed by atoms with E-state index in [0.717, 1.165) is 34.3 Å². The maximum Gasteiger partial charge on any atom is 0.147 e. The molecule has 4 rings (SSSR count). The van der Waals surface area contributed by atoms with Crippen LogP contribution in [0.3, 0.4) is 0 Å². The van der Waals surface area contributed by atoms with Crippen LogP contribution in [0, 0.1) is 6.92 Å². The summed E-state index contributed by atoms with van der Waals surface area (Å²) in [4.78, 5) is 4.57. The molecule has 0 aliphatic rings. The lowest BCUT2D eigenvalue weighted by molar-refractivity contribution is 0.471. The van der Waals surface area contributed by atoms with Gasteiger partial charge in [0.25, 0.3) is 0 Å². The van der Waals surface area contributed by atoms with Crippen molar-refractivity contribution in [1.29, 1.82) is 0 Å². The summed E-state index contributed by atoms with van der Waals surface area (Å²) in [6.45, 7) is 4.09. The molecular weight excluding hydrogens is 344 g/mol.